The Bertz CT molecular complexity index is 693. The maximum atomic E-state index is 4.50. The van der Waals surface area contributed by atoms with E-state index in [1.807, 2.05) is 19.4 Å². The van der Waals surface area contributed by atoms with Gasteiger partial charge in [0, 0.05) is 0 Å². The van der Waals surface area contributed by atoms with Crippen molar-refractivity contribution in [1.29, 1.82) is 0 Å². The van der Waals surface area contributed by atoms with E-state index in [1.54, 1.807) is 12.8 Å². The summed E-state index contributed by atoms with van der Waals surface area (Å²) in [5, 5.41) is 0. The Morgan fingerprint density at radius 2 is 1.32 bits per heavy atom. The molecule has 0 amide bonds. The zero-order chi connectivity index (χ0) is 29.6. The Morgan fingerprint density at radius 1 is 0.750 bits per heavy atom. The molecule has 0 aromatic rings. The summed E-state index contributed by atoms with van der Waals surface area (Å²) in [6.45, 7) is 16.7. The van der Waals surface area contributed by atoms with Crippen molar-refractivity contribution in [1.82, 2.24) is 0 Å². The second-order valence-electron chi connectivity index (χ2n) is 15.0. The van der Waals surface area contributed by atoms with E-state index in [4.69, 9.17) is 0 Å². The van der Waals surface area contributed by atoms with Gasteiger partial charge in [-0.1, -0.05) is 137 Å². The Morgan fingerprint density at radius 3 is 1.90 bits per heavy atom. The van der Waals surface area contributed by atoms with E-state index in [-0.39, 0.29) is 0 Å². The van der Waals surface area contributed by atoms with Gasteiger partial charge < -0.3 is 5.73 Å². The lowest BCUT2D eigenvalue weighted by molar-refractivity contribution is -0.0469. The molecular formula is C39H75N. The van der Waals surface area contributed by atoms with Crippen LogP contribution in [0, 0.1) is 46.3 Å². The van der Waals surface area contributed by atoms with Crippen LogP contribution in [0.4, 0.5) is 0 Å². The minimum atomic E-state index is 0.545. The minimum absolute atomic E-state index is 0.545. The number of fused-ring (bicyclic) bond motifs is 5. The van der Waals surface area contributed by atoms with Crippen LogP contribution in [-0.2, 0) is 0 Å². The van der Waals surface area contributed by atoms with Crippen molar-refractivity contribution in [2.75, 3.05) is 7.05 Å². The first-order valence-electron chi connectivity index (χ1n) is 18.7. The van der Waals surface area contributed by atoms with Crippen LogP contribution in [0.15, 0.2) is 11.6 Å². The summed E-state index contributed by atoms with van der Waals surface area (Å²) in [7, 11) is 1.50. The summed E-state index contributed by atoms with van der Waals surface area (Å²) in [5.74, 6) is 5.85. The molecule has 0 heterocycles. The lowest BCUT2D eigenvalue weighted by Gasteiger charge is -2.58. The zero-order valence-electron chi connectivity index (χ0n) is 29.0. The van der Waals surface area contributed by atoms with Crippen LogP contribution in [0.3, 0.4) is 0 Å². The Balaban J connectivity index is 0.00000134. The third-order valence-corrected chi connectivity index (χ3v) is 12.7. The standard InChI is InChI=1S/C36H64.C2H6.CH5N/c1-6-7-8-9-10-11-12-13-14-15-16-17-18-30-20-22-33-32-21-19-31-27-29(28(2)3)23-25-36(31,5)34(32)24-26-35(30,33)4;2*1-2/h19,28-30,32-34H,6-18,20-27H2,1-5H3;1-2H3;2H2,1H3. The maximum Gasteiger partial charge on any atom is -0.00851 e. The molecule has 4 rings (SSSR count). The molecule has 0 saturated heterocycles. The Kier molecular flexibility index (Phi) is 16.5. The minimum Gasteiger partial charge on any atom is -0.333 e. The van der Waals surface area contributed by atoms with Crippen molar-refractivity contribution in [3.05, 3.63) is 11.6 Å². The van der Waals surface area contributed by atoms with Gasteiger partial charge in [-0.05, 0) is 111 Å². The number of hydrogen-bond donors (Lipinski definition) is 1. The van der Waals surface area contributed by atoms with Crippen LogP contribution < -0.4 is 5.73 Å². The monoisotopic (exact) mass is 558 g/mol. The number of hydrogen-bond acceptors (Lipinski definition) is 1. The largest absolute Gasteiger partial charge is 0.333 e. The van der Waals surface area contributed by atoms with E-state index in [9.17, 15) is 0 Å². The van der Waals surface area contributed by atoms with Gasteiger partial charge in [0.25, 0.3) is 0 Å². The summed E-state index contributed by atoms with van der Waals surface area (Å²) in [5.41, 5.74) is 7.60. The average molecular weight is 558 g/mol. The second-order valence-corrected chi connectivity index (χ2v) is 15.0. The van der Waals surface area contributed by atoms with Crippen LogP contribution >= 0.6 is 0 Å². The summed E-state index contributed by atoms with van der Waals surface area (Å²) in [6, 6.07) is 0. The molecule has 0 aliphatic heterocycles. The van der Waals surface area contributed by atoms with E-state index >= 15 is 0 Å². The molecule has 4 aliphatic rings. The first-order valence-corrected chi connectivity index (χ1v) is 18.7. The van der Waals surface area contributed by atoms with Gasteiger partial charge in [0.05, 0.1) is 0 Å². The molecule has 7 unspecified atom stereocenters. The van der Waals surface area contributed by atoms with Crippen LogP contribution in [0.1, 0.15) is 183 Å². The first-order chi connectivity index (χ1) is 19.4. The van der Waals surface area contributed by atoms with Crippen molar-refractivity contribution >= 4 is 0 Å². The molecule has 4 aliphatic carbocycles. The van der Waals surface area contributed by atoms with Crippen molar-refractivity contribution in [3.8, 4) is 0 Å². The van der Waals surface area contributed by atoms with Gasteiger partial charge in [0.1, 0.15) is 0 Å². The molecule has 40 heavy (non-hydrogen) atoms. The van der Waals surface area contributed by atoms with Gasteiger partial charge in [0.15, 0.2) is 0 Å². The fourth-order valence-electron chi connectivity index (χ4n) is 10.1. The number of rotatable bonds is 14. The summed E-state index contributed by atoms with van der Waals surface area (Å²) in [6.07, 6.45) is 34.0. The molecule has 0 spiro atoms. The molecule has 3 saturated carbocycles. The SMILES string of the molecule is CC.CCCCCCCCCCCCCCC1CCC2C3CC=C4CC(C(C)C)CCC4(C)C3CCC12C.CN. The van der Waals surface area contributed by atoms with Crippen LogP contribution in [0.2, 0.25) is 0 Å². The van der Waals surface area contributed by atoms with Crippen LogP contribution in [-0.4, -0.2) is 7.05 Å². The van der Waals surface area contributed by atoms with E-state index in [2.05, 4.69) is 46.4 Å². The van der Waals surface area contributed by atoms with Gasteiger partial charge in [-0.3, -0.25) is 0 Å². The lowest BCUT2D eigenvalue weighted by Crippen LogP contribution is -2.50. The molecule has 0 aromatic heterocycles. The van der Waals surface area contributed by atoms with Gasteiger partial charge in [-0.2, -0.15) is 0 Å². The van der Waals surface area contributed by atoms with E-state index < -0.39 is 0 Å². The van der Waals surface area contributed by atoms with Crippen molar-refractivity contribution < 1.29 is 0 Å². The number of allylic oxidation sites excluding steroid dienone is 2. The van der Waals surface area contributed by atoms with Crippen LogP contribution in [0.25, 0.3) is 0 Å². The molecule has 236 valence electrons. The summed E-state index contributed by atoms with van der Waals surface area (Å²) < 4.78 is 0. The van der Waals surface area contributed by atoms with E-state index in [0.29, 0.717) is 10.8 Å². The molecule has 1 heteroatoms. The average Bonchev–Trinajstić information content (AvgIpc) is 3.31. The van der Waals surface area contributed by atoms with Gasteiger partial charge in [0.2, 0.25) is 0 Å². The topological polar surface area (TPSA) is 26.0 Å². The highest BCUT2D eigenvalue weighted by Crippen LogP contribution is 2.67. The van der Waals surface area contributed by atoms with Crippen molar-refractivity contribution in [2.45, 2.75) is 183 Å². The second kappa shape index (κ2) is 18.4. The molecular weight excluding hydrogens is 482 g/mol. The lowest BCUT2D eigenvalue weighted by atomic mass is 9.46. The predicted molar refractivity (Wildman–Crippen MR) is 181 cm³/mol. The zero-order valence-corrected chi connectivity index (χ0v) is 29.0. The Labute approximate surface area is 253 Å². The highest BCUT2D eigenvalue weighted by Gasteiger charge is 2.58. The van der Waals surface area contributed by atoms with E-state index in [1.165, 1.54) is 129 Å². The predicted octanol–water partition coefficient (Wildman–Crippen LogP) is 12.5. The molecule has 0 aromatic carbocycles. The third kappa shape index (κ3) is 8.86. The van der Waals surface area contributed by atoms with Crippen LogP contribution in [0.5, 0.6) is 0 Å². The quantitative estimate of drug-likeness (QED) is 0.167. The fraction of sp³-hybridized carbons (Fsp3) is 0.949. The molecule has 0 radical (unpaired) electrons. The molecule has 3 fully saturated rings. The highest BCUT2D eigenvalue weighted by atomic mass is 14.6. The number of nitrogens with two attached hydrogens (primary N) is 1. The van der Waals surface area contributed by atoms with Gasteiger partial charge in [-0.15, -0.1) is 0 Å². The molecule has 0 bridgehead atoms. The first kappa shape index (κ1) is 35.9. The van der Waals surface area contributed by atoms with E-state index in [0.717, 1.165) is 35.5 Å². The third-order valence-electron chi connectivity index (χ3n) is 12.7. The van der Waals surface area contributed by atoms with Crippen molar-refractivity contribution in [3.63, 3.8) is 0 Å². The van der Waals surface area contributed by atoms with Gasteiger partial charge in [-0.25, -0.2) is 0 Å². The molecule has 2 N–H and O–H groups in total. The maximum absolute atomic E-state index is 4.50. The molecule has 1 nitrogen and oxygen atoms in total. The smallest absolute Gasteiger partial charge is 0.00851 e. The number of unbranched alkanes of at least 4 members (excludes halogenated alkanes) is 11. The fourth-order valence-corrected chi connectivity index (χ4v) is 10.1. The highest BCUT2D eigenvalue weighted by molar-refractivity contribution is 5.25. The van der Waals surface area contributed by atoms with Crippen molar-refractivity contribution in [2.24, 2.45) is 52.1 Å². The molecule has 7 atom stereocenters. The summed E-state index contributed by atoms with van der Waals surface area (Å²) >= 11 is 0. The van der Waals surface area contributed by atoms with Gasteiger partial charge >= 0.3 is 0 Å². The normalized spacial score (nSPS) is 34.5. The Hall–Kier alpha value is -0.300. The summed E-state index contributed by atoms with van der Waals surface area (Å²) in [4.78, 5) is 0.